The van der Waals surface area contributed by atoms with Crippen molar-refractivity contribution in [3.8, 4) is 5.75 Å². The number of hydrogen-bond acceptors (Lipinski definition) is 27. The number of aliphatic hydroxyl groups excluding tert-OH is 12. The van der Waals surface area contributed by atoms with Crippen LogP contribution >= 0.6 is 0 Å². The number of rotatable bonds is 29. The second kappa shape index (κ2) is 34.6. The maximum Gasteiger partial charge on any atom is 0.251 e. The van der Waals surface area contributed by atoms with E-state index in [-0.39, 0.29) is 5.56 Å². The quantitative estimate of drug-likeness (QED) is 0.0262. The van der Waals surface area contributed by atoms with Gasteiger partial charge in [0.15, 0.2) is 31.5 Å². The highest BCUT2D eigenvalue weighted by Gasteiger charge is 2.58. The van der Waals surface area contributed by atoms with Gasteiger partial charge >= 0.3 is 0 Å². The van der Waals surface area contributed by atoms with Gasteiger partial charge in [0.1, 0.15) is 128 Å². The van der Waals surface area contributed by atoms with Gasteiger partial charge in [-0.25, -0.2) is 0 Å². The summed E-state index contributed by atoms with van der Waals surface area (Å²) in [6.07, 6.45) is -24.4. The van der Waals surface area contributed by atoms with Crippen molar-refractivity contribution in [2.75, 3.05) is 39.6 Å². The lowest BCUT2D eigenvalue weighted by Crippen LogP contribution is -2.72. The number of hydrogen-bond donors (Lipinski definition) is 17. The van der Waals surface area contributed by atoms with Crippen LogP contribution in [0, 0.1) is 0 Å². The third-order valence-electron chi connectivity index (χ3n) is 15.5. The third-order valence-corrected chi connectivity index (χ3v) is 15.5. The molecule has 1 aromatic carbocycles. The predicted octanol–water partition coefficient (Wildman–Crippen LogP) is -6.23. The fourth-order valence-electron chi connectivity index (χ4n) is 11.1. The van der Waals surface area contributed by atoms with Crippen molar-refractivity contribution < 1.29 is 133 Å². The zero-order chi connectivity index (χ0) is 64.5. The predicted molar refractivity (Wildman–Crippen MR) is 297 cm³/mol. The van der Waals surface area contributed by atoms with Gasteiger partial charge in [-0.3, -0.25) is 24.0 Å². The maximum atomic E-state index is 13.9. The molecule has 17 N–H and O–H groups in total. The van der Waals surface area contributed by atoms with Gasteiger partial charge in [0, 0.05) is 33.3 Å². The summed E-state index contributed by atoms with van der Waals surface area (Å²) >= 11 is 0. The number of aliphatic hydroxyl groups is 12. The van der Waals surface area contributed by atoms with E-state index in [1.165, 1.54) is 25.0 Å². The van der Waals surface area contributed by atoms with E-state index in [9.17, 15) is 85.3 Å². The smallest absolute Gasteiger partial charge is 0.251 e. The summed E-state index contributed by atoms with van der Waals surface area (Å²) in [5.41, 5.74) is 0.0576. The zero-order valence-electron chi connectivity index (χ0n) is 49.6. The molecule has 32 heteroatoms. The number of amides is 5. The average Bonchev–Trinajstić information content (AvgIpc) is 1.44. The Morgan fingerprint density at radius 1 is 0.455 bits per heavy atom. The number of allylic oxidation sites excluding steroid dienone is 2. The fraction of sp³-hybridized carbons (Fsp3) is 0.768. The van der Waals surface area contributed by atoms with Gasteiger partial charge in [-0.1, -0.05) is 44.4 Å². The topological polar surface area (TPSA) is 481 Å². The Kier molecular flexibility index (Phi) is 28.5. The number of ether oxygens (including phenoxy) is 10. The molecule has 0 spiro atoms. The first-order valence-electron chi connectivity index (χ1n) is 29.5. The Morgan fingerprint density at radius 2 is 0.830 bits per heavy atom. The van der Waals surface area contributed by atoms with Gasteiger partial charge in [-0.05, 0) is 43.9 Å². The molecule has 5 amide bonds. The Labute approximate surface area is 507 Å². The molecule has 25 atom stereocenters. The standard InChI is InChI=1S/C56H89N5O27/c1-6-7-8-9-10-11-12-13-14-18-79-30-17-15-16-29(19-30)51(77)61-37-42(72)41(71)31(20-62)81-53(37)86-48-33(22-64)83-55(39(44(48)74)59-27(4)69)88-50-35(24-66)84-56(40(46(50)76)60-28(5)70)87-49-34(23-65)82-54(38(45(49)75)58-26(3)68)85-47-32(21-63)80-52(78)36(43(47)73)57-25(2)67/h11-12,15-17,19,31-50,52-56,62-66,71-76,78H,6-10,13-14,18,20-24H2,1-5H3,(H,57,67)(H,58,68)(H,59,69)(H,60,70)(H,61,77)/b12-11-/t31?,32?,33-,34-,35?,36-,37-,38?,39?,40-,41+,42+,43+,44?,45?,46+,47?,48+,49+,50?,52+,53?,54?,55?,56?/m0/s1. The number of unbranched alkanes of at least 4 members (excludes halogenated alkanes) is 5. The summed E-state index contributed by atoms with van der Waals surface area (Å²) in [6, 6.07) is -2.18. The lowest BCUT2D eigenvalue weighted by Gasteiger charge is -2.51. The third kappa shape index (κ3) is 18.7. The minimum Gasteiger partial charge on any atom is -0.494 e. The molecule has 5 aliphatic heterocycles. The fourth-order valence-corrected chi connectivity index (χ4v) is 11.1. The van der Waals surface area contributed by atoms with Crippen LogP contribution in [0.25, 0.3) is 0 Å². The van der Waals surface area contributed by atoms with Gasteiger partial charge in [-0.15, -0.1) is 0 Å². The number of carbonyl (C=O) groups excluding carboxylic acids is 5. The lowest BCUT2D eigenvalue weighted by atomic mass is 9.93. The van der Waals surface area contributed by atoms with Crippen LogP contribution in [0.2, 0.25) is 0 Å². The second-order valence-corrected chi connectivity index (χ2v) is 22.2. The minimum atomic E-state index is -2.03. The van der Waals surface area contributed by atoms with Crippen LogP contribution < -0.4 is 31.3 Å². The number of carbonyl (C=O) groups is 5. The Bertz CT molecular complexity index is 2400. The van der Waals surface area contributed by atoms with Crippen molar-refractivity contribution in [2.45, 2.75) is 233 Å². The molecule has 5 saturated heterocycles. The highest BCUT2D eigenvalue weighted by atomic mass is 16.8. The summed E-state index contributed by atoms with van der Waals surface area (Å²) in [7, 11) is 0. The zero-order valence-corrected chi connectivity index (χ0v) is 49.6. The molecule has 0 radical (unpaired) electrons. The first-order chi connectivity index (χ1) is 42.0. The first-order valence-corrected chi connectivity index (χ1v) is 29.5. The monoisotopic (exact) mass is 1260 g/mol. The van der Waals surface area contributed by atoms with E-state index in [2.05, 4.69) is 45.7 Å². The van der Waals surface area contributed by atoms with Crippen LogP contribution in [0.3, 0.4) is 0 Å². The van der Waals surface area contributed by atoms with E-state index in [0.29, 0.717) is 18.8 Å². The van der Waals surface area contributed by atoms with E-state index in [1.54, 1.807) is 12.1 Å². The molecule has 0 bridgehead atoms. The highest BCUT2D eigenvalue weighted by molar-refractivity contribution is 5.94. The molecule has 88 heavy (non-hydrogen) atoms. The first kappa shape index (κ1) is 72.3. The van der Waals surface area contributed by atoms with Gasteiger partial charge in [0.2, 0.25) is 23.6 Å². The molecule has 1 aromatic rings. The lowest BCUT2D eigenvalue weighted by molar-refractivity contribution is -0.367. The number of nitrogens with one attached hydrogen (secondary N) is 5. The summed E-state index contributed by atoms with van der Waals surface area (Å²) in [6.45, 7) is 2.01. The summed E-state index contributed by atoms with van der Waals surface area (Å²) in [5, 5.41) is 145. The van der Waals surface area contributed by atoms with E-state index in [1.807, 2.05) is 0 Å². The second-order valence-electron chi connectivity index (χ2n) is 22.2. The van der Waals surface area contributed by atoms with Gasteiger partial charge < -0.3 is 135 Å². The highest BCUT2D eigenvalue weighted by Crippen LogP contribution is 2.36. The Hall–Kier alpha value is -4.73. The van der Waals surface area contributed by atoms with Gasteiger partial charge in [0.05, 0.1) is 39.6 Å². The number of benzene rings is 1. The summed E-state index contributed by atoms with van der Waals surface area (Å²) in [5.74, 6) is -3.54. The van der Waals surface area contributed by atoms with Crippen molar-refractivity contribution in [1.82, 2.24) is 26.6 Å². The molecule has 0 aliphatic carbocycles. The Morgan fingerprint density at radius 3 is 1.24 bits per heavy atom. The van der Waals surface area contributed by atoms with Crippen molar-refractivity contribution in [2.24, 2.45) is 0 Å². The van der Waals surface area contributed by atoms with Gasteiger partial charge in [0.25, 0.3) is 5.91 Å². The van der Waals surface area contributed by atoms with E-state index < -0.39 is 216 Å². The van der Waals surface area contributed by atoms with E-state index in [4.69, 9.17) is 47.4 Å². The molecule has 6 rings (SSSR count). The largest absolute Gasteiger partial charge is 0.494 e. The SMILES string of the molecule is CCCCCC/C=C\CCCOc1cccc(C(=O)N[C@@H]2C(O[C@H]3C(O)C(NC(C)=O)C(OC4C(CO)OC(O[C@H]5C(O)C(NC(C)=O)C(OC6C(CO)O[C@@H](O)[C@@H](NC(C)=O)[C@H]6O)O[C@H]5CO)[C@@H](NC(C)=O)[C@H]4O)O[C@H]3CO)OC(CO)[C@@H](O)[C@@H]2O)c1. The van der Waals surface area contributed by atoms with Gasteiger partial charge in [-0.2, -0.15) is 0 Å². The molecule has 5 heterocycles. The molecular formula is C56H89N5O27. The summed E-state index contributed by atoms with van der Waals surface area (Å²) < 4.78 is 59.8. The average molecular weight is 1260 g/mol. The van der Waals surface area contributed by atoms with Crippen LogP contribution in [-0.4, -0.2) is 284 Å². The van der Waals surface area contributed by atoms with Crippen molar-refractivity contribution in [1.29, 1.82) is 0 Å². The normalized spacial score (nSPS) is 37.8. The summed E-state index contributed by atoms with van der Waals surface area (Å²) in [4.78, 5) is 64.1. The molecule has 500 valence electrons. The molecule has 0 aromatic heterocycles. The molecule has 0 saturated carbocycles. The van der Waals surface area contributed by atoms with E-state index >= 15 is 0 Å². The molecule has 5 aliphatic rings. The van der Waals surface area contributed by atoms with Crippen LogP contribution in [0.1, 0.15) is 89.9 Å². The molecule has 13 unspecified atom stereocenters. The van der Waals surface area contributed by atoms with E-state index in [0.717, 1.165) is 53.4 Å². The van der Waals surface area contributed by atoms with Crippen LogP contribution in [-0.2, 0) is 61.8 Å². The molecule has 32 nitrogen and oxygen atoms in total. The van der Waals surface area contributed by atoms with Crippen LogP contribution in [0.15, 0.2) is 36.4 Å². The van der Waals surface area contributed by atoms with Crippen molar-refractivity contribution in [3.05, 3.63) is 42.0 Å². The molecular weight excluding hydrogens is 1170 g/mol. The van der Waals surface area contributed by atoms with Crippen molar-refractivity contribution >= 4 is 29.5 Å². The maximum absolute atomic E-state index is 13.9. The van der Waals surface area contributed by atoms with Crippen molar-refractivity contribution in [3.63, 3.8) is 0 Å². The van der Waals surface area contributed by atoms with Crippen LogP contribution in [0.4, 0.5) is 0 Å². The minimum absolute atomic E-state index is 0.0576. The molecule has 5 fully saturated rings. The Balaban J connectivity index is 1.18. The van der Waals surface area contributed by atoms with Crippen LogP contribution in [0.5, 0.6) is 5.75 Å².